The van der Waals surface area contributed by atoms with Crippen LogP contribution in [0.25, 0.3) is 22.2 Å². The van der Waals surface area contributed by atoms with Crippen molar-refractivity contribution in [2.24, 2.45) is 0 Å². The van der Waals surface area contributed by atoms with Crippen LogP contribution in [-0.4, -0.2) is 46.2 Å². The predicted molar refractivity (Wildman–Crippen MR) is 128 cm³/mol. The second-order valence-corrected chi connectivity index (χ2v) is 9.58. The molecule has 7 rings (SSSR count). The van der Waals surface area contributed by atoms with Gasteiger partial charge in [-0.15, -0.1) is 0 Å². The number of amides is 1. The third-order valence-corrected chi connectivity index (χ3v) is 6.87. The maximum Gasteiger partial charge on any atom is 0.277 e. The van der Waals surface area contributed by atoms with E-state index in [1.807, 2.05) is 4.90 Å². The van der Waals surface area contributed by atoms with Crippen molar-refractivity contribution in [3.05, 3.63) is 87.1 Å². The minimum atomic E-state index is -0.801. The highest BCUT2D eigenvalue weighted by Gasteiger charge is 2.27. The number of aromatic amines is 1. The zero-order chi connectivity index (χ0) is 26.1. The summed E-state index contributed by atoms with van der Waals surface area (Å²) < 4.78 is 46.4. The van der Waals surface area contributed by atoms with Crippen LogP contribution in [0.4, 0.5) is 13.2 Å². The van der Waals surface area contributed by atoms with Gasteiger partial charge in [0.15, 0.2) is 17.2 Å². The van der Waals surface area contributed by atoms with Gasteiger partial charge in [0.1, 0.15) is 16.9 Å². The summed E-state index contributed by atoms with van der Waals surface area (Å²) in [6.45, 7) is 1.08. The third kappa shape index (κ3) is 3.65. The first-order chi connectivity index (χ1) is 18.4. The van der Waals surface area contributed by atoms with Crippen molar-refractivity contribution in [3.63, 3.8) is 0 Å². The van der Waals surface area contributed by atoms with Crippen molar-refractivity contribution in [1.82, 2.24) is 39.6 Å². The van der Waals surface area contributed by atoms with E-state index in [0.29, 0.717) is 24.3 Å². The smallest absolute Gasteiger partial charge is 0.277 e. The lowest BCUT2D eigenvalue weighted by Crippen LogP contribution is -2.26. The number of fused-ring (bicyclic) bond motifs is 4. The number of hydrogen-bond acceptors (Lipinski definition) is 6. The van der Waals surface area contributed by atoms with Gasteiger partial charge in [0.25, 0.3) is 11.5 Å². The molecule has 1 aliphatic heterocycles. The number of aromatic nitrogens is 6. The van der Waals surface area contributed by atoms with Crippen molar-refractivity contribution in [3.8, 4) is 5.69 Å². The van der Waals surface area contributed by atoms with Gasteiger partial charge in [-0.25, -0.2) is 23.0 Å². The van der Waals surface area contributed by atoms with E-state index in [9.17, 15) is 18.4 Å². The Bertz CT molecular complexity index is 1810. The molecular weight excluding hydrogens is 501 g/mol. The van der Waals surface area contributed by atoms with E-state index < -0.39 is 29.0 Å². The van der Waals surface area contributed by atoms with Crippen LogP contribution >= 0.6 is 0 Å². The number of carbonyl (C=O) groups excluding carboxylic acids is 1. The lowest BCUT2D eigenvalue weighted by atomic mass is 10.1. The predicted octanol–water partition coefficient (Wildman–Crippen LogP) is 2.58. The Morgan fingerprint density at radius 1 is 1.13 bits per heavy atom. The van der Waals surface area contributed by atoms with Crippen molar-refractivity contribution < 1.29 is 18.0 Å². The van der Waals surface area contributed by atoms with Gasteiger partial charge in [-0.2, -0.15) is 14.6 Å². The topological polar surface area (TPSA) is 113 Å². The fourth-order valence-corrected chi connectivity index (χ4v) is 4.82. The summed E-state index contributed by atoms with van der Waals surface area (Å²) >= 11 is 0. The highest BCUT2D eigenvalue weighted by molar-refractivity contribution is 5.92. The summed E-state index contributed by atoms with van der Waals surface area (Å²) in [5.41, 5.74) is 1.20. The Morgan fingerprint density at radius 3 is 2.74 bits per heavy atom. The maximum absolute atomic E-state index is 15.4. The molecule has 5 aromatic rings. The molecule has 13 heteroatoms. The van der Waals surface area contributed by atoms with E-state index in [2.05, 4.69) is 25.5 Å². The number of benzene rings is 1. The zero-order valence-corrected chi connectivity index (χ0v) is 19.7. The normalized spacial score (nSPS) is 15.4. The summed E-state index contributed by atoms with van der Waals surface area (Å²) in [6, 6.07) is 6.24. The number of rotatable bonds is 5. The monoisotopic (exact) mass is 520 g/mol. The number of H-pyrrole nitrogens is 1. The van der Waals surface area contributed by atoms with Crippen molar-refractivity contribution in [2.75, 3.05) is 0 Å². The van der Waals surface area contributed by atoms with E-state index in [4.69, 9.17) is 0 Å². The molecule has 38 heavy (non-hydrogen) atoms. The summed E-state index contributed by atoms with van der Waals surface area (Å²) in [5.74, 6) is -2.60. The quantitative estimate of drug-likeness (QED) is 0.345. The summed E-state index contributed by atoms with van der Waals surface area (Å²) in [6.07, 6.45) is 4.45. The van der Waals surface area contributed by atoms with E-state index in [-0.39, 0.29) is 40.5 Å². The molecule has 5 heterocycles. The Kier molecular flexibility index (Phi) is 4.92. The van der Waals surface area contributed by atoms with E-state index >= 15 is 4.39 Å². The van der Waals surface area contributed by atoms with Gasteiger partial charge in [0, 0.05) is 43.0 Å². The molecule has 0 radical (unpaired) electrons. The average molecular weight is 520 g/mol. The van der Waals surface area contributed by atoms with E-state index in [1.54, 1.807) is 18.3 Å². The minimum Gasteiger partial charge on any atom is -0.348 e. The highest BCUT2D eigenvalue weighted by Crippen LogP contribution is 2.27. The largest absolute Gasteiger partial charge is 0.348 e. The van der Waals surface area contributed by atoms with Gasteiger partial charge in [0.2, 0.25) is 5.95 Å². The third-order valence-electron chi connectivity index (χ3n) is 6.87. The fourth-order valence-electron chi connectivity index (χ4n) is 4.82. The summed E-state index contributed by atoms with van der Waals surface area (Å²) in [7, 11) is 0. The van der Waals surface area contributed by atoms with Crippen LogP contribution in [-0.2, 0) is 19.6 Å². The number of carbonyl (C=O) groups is 1. The van der Waals surface area contributed by atoms with Crippen LogP contribution in [0, 0.1) is 17.6 Å². The van der Waals surface area contributed by atoms with Crippen molar-refractivity contribution >= 4 is 22.5 Å². The maximum atomic E-state index is 15.4. The van der Waals surface area contributed by atoms with Gasteiger partial charge in [0.05, 0.1) is 17.4 Å². The second kappa shape index (κ2) is 8.25. The van der Waals surface area contributed by atoms with Crippen LogP contribution < -0.4 is 10.9 Å². The number of hydrogen-bond donors (Lipinski definition) is 2. The average Bonchev–Trinajstić information content (AvgIpc) is 3.30. The summed E-state index contributed by atoms with van der Waals surface area (Å²) in [5, 5.41) is 11.1. The molecule has 0 bridgehead atoms. The van der Waals surface area contributed by atoms with Crippen LogP contribution in [0.2, 0.25) is 0 Å². The molecule has 10 nitrogen and oxygen atoms in total. The summed E-state index contributed by atoms with van der Waals surface area (Å²) in [4.78, 5) is 32.6. The highest BCUT2D eigenvalue weighted by atomic mass is 19.1. The van der Waals surface area contributed by atoms with E-state index in [0.717, 1.165) is 29.1 Å². The molecule has 2 aliphatic rings. The van der Waals surface area contributed by atoms with Crippen LogP contribution in [0.1, 0.15) is 40.2 Å². The Hall–Kier alpha value is -4.52. The number of nitrogens with one attached hydrogen (secondary N) is 2. The van der Waals surface area contributed by atoms with Gasteiger partial charge >= 0.3 is 0 Å². The lowest BCUT2D eigenvalue weighted by Gasteiger charge is -2.16. The molecule has 0 spiro atoms. The Morgan fingerprint density at radius 2 is 1.97 bits per heavy atom. The molecule has 0 atom stereocenters. The van der Waals surface area contributed by atoms with Crippen molar-refractivity contribution in [2.45, 2.75) is 38.5 Å². The molecular formula is C25H19F3N8O2. The SMILES string of the molecule is O=C(NC1CC1)c1ccc(-n2cc3c(n2)CN(Cc2ccc4c([nH]c(=O)c5c(F)cnn54)c2F)C3)c(F)n1. The van der Waals surface area contributed by atoms with E-state index in [1.165, 1.54) is 16.8 Å². The standard InChI is InChI=1S/C25H19F3N8O2/c26-15-7-29-36-18-5-1-12(20(27)21(18)32-25(38)22(15)36)8-34-9-13-10-35(33-17(13)11-34)19-6-4-16(31-23(19)28)24(37)30-14-2-3-14/h1,4-7,10,14H,2-3,8-9,11H2,(H,30,37)(H,32,38). The first-order valence-corrected chi connectivity index (χ1v) is 12.0. The molecule has 1 fully saturated rings. The number of halogens is 3. The number of pyridine rings is 1. The lowest BCUT2D eigenvalue weighted by molar-refractivity contribution is 0.0945. The molecule has 2 N–H and O–H groups in total. The van der Waals surface area contributed by atoms with Gasteiger partial charge < -0.3 is 10.3 Å². The molecule has 0 unspecified atom stereocenters. The molecule has 192 valence electrons. The number of nitrogens with zero attached hydrogens (tertiary/aromatic N) is 6. The second-order valence-electron chi connectivity index (χ2n) is 9.58. The fraction of sp³-hybridized carbons (Fsp3) is 0.240. The molecule has 1 aliphatic carbocycles. The first kappa shape index (κ1) is 22.7. The molecule has 0 saturated heterocycles. The minimum absolute atomic E-state index is 0.0150. The molecule has 1 saturated carbocycles. The first-order valence-electron chi connectivity index (χ1n) is 12.0. The zero-order valence-electron chi connectivity index (χ0n) is 19.7. The van der Waals surface area contributed by atoms with Gasteiger partial charge in [-0.05, 0) is 31.0 Å². The van der Waals surface area contributed by atoms with Gasteiger partial charge in [-0.1, -0.05) is 6.07 Å². The Labute approximate surface area is 211 Å². The molecule has 1 amide bonds. The molecule has 4 aromatic heterocycles. The van der Waals surface area contributed by atoms with Crippen molar-refractivity contribution in [1.29, 1.82) is 0 Å². The Balaban J connectivity index is 1.10. The van der Waals surface area contributed by atoms with Crippen LogP contribution in [0.5, 0.6) is 0 Å². The molecule has 1 aromatic carbocycles. The van der Waals surface area contributed by atoms with Gasteiger partial charge in [-0.3, -0.25) is 14.5 Å². The van der Waals surface area contributed by atoms with Crippen LogP contribution in [0.15, 0.2) is 41.5 Å². The van der Waals surface area contributed by atoms with Crippen LogP contribution in [0.3, 0.4) is 0 Å².